The van der Waals surface area contributed by atoms with Crippen LogP contribution in [0.1, 0.15) is 59.2 Å². The minimum atomic E-state index is -1.16. The number of carbonyl (C=O) groups excluding carboxylic acids is 1. The van der Waals surface area contributed by atoms with Gasteiger partial charge in [0.15, 0.2) is 11.5 Å². The number of carboxylic acids is 1. The number of anilines is 1. The van der Waals surface area contributed by atoms with Crippen molar-refractivity contribution in [2.75, 3.05) is 19.5 Å². The van der Waals surface area contributed by atoms with Gasteiger partial charge in [-0.05, 0) is 25.0 Å². The Morgan fingerprint density at radius 3 is 2.42 bits per heavy atom. The molecule has 0 bridgehead atoms. The van der Waals surface area contributed by atoms with Gasteiger partial charge in [0.05, 0.1) is 31.2 Å². The summed E-state index contributed by atoms with van der Waals surface area (Å²) in [5.74, 6) is -1.06. The predicted octanol–water partition coefficient (Wildman–Crippen LogP) is 3.55. The smallest absolute Gasteiger partial charge is 0.335 e. The number of hydrogen-bond acceptors (Lipinski definition) is 6. The second kappa shape index (κ2) is 8.37. The van der Waals surface area contributed by atoms with Gasteiger partial charge in [0, 0.05) is 12.0 Å². The van der Waals surface area contributed by atoms with Crippen LogP contribution in [-0.4, -0.2) is 36.4 Å². The van der Waals surface area contributed by atoms with E-state index in [0.29, 0.717) is 5.69 Å². The van der Waals surface area contributed by atoms with Crippen LogP contribution in [0.4, 0.5) is 5.69 Å². The highest BCUT2D eigenvalue weighted by Crippen LogP contribution is 2.37. The molecule has 0 saturated heterocycles. The van der Waals surface area contributed by atoms with Crippen LogP contribution in [0.15, 0.2) is 22.7 Å². The highest BCUT2D eigenvalue weighted by Gasteiger charge is 2.21. The zero-order valence-corrected chi connectivity index (χ0v) is 15.2. The van der Waals surface area contributed by atoms with E-state index in [9.17, 15) is 14.7 Å². The summed E-state index contributed by atoms with van der Waals surface area (Å²) in [5.41, 5.74) is 0.826. The monoisotopic (exact) mass is 362 g/mol. The molecular weight excluding hydrogens is 340 g/mol. The number of nitrogens with zero attached hydrogens (tertiary/aromatic N) is 1. The summed E-state index contributed by atoms with van der Waals surface area (Å²) in [6.07, 6.45) is 1.77. The van der Waals surface area contributed by atoms with Crippen LogP contribution in [0, 0.1) is 0 Å². The molecule has 0 saturated carbocycles. The topological polar surface area (TPSA) is 111 Å². The highest BCUT2D eigenvalue weighted by molar-refractivity contribution is 6.04. The number of methoxy groups -OCH3 is 2. The van der Waals surface area contributed by atoms with E-state index >= 15 is 0 Å². The second-order valence-corrected chi connectivity index (χ2v) is 5.65. The fourth-order valence-corrected chi connectivity index (χ4v) is 2.66. The summed E-state index contributed by atoms with van der Waals surface area (Å²) in [6, 6.07) is 4.20. The van der Waals surface area contributed by atoms with Gasteiger partial charge >= 0.3 is 5.97 Å². The van der Waals surface area contributed by atoms with E-state index < -0.39 is 11.9 Å². The number of aromatic carboxylic acids is 1. The first-order chi connectivity index (χ1) is 12.4. The van der Waals surface area contributed by atoms with Crippen molar-refractivity contribution in [1.29, 1.82) is 0 Å². The Hall–Kier alpha value is -3.03. The lowest BCUT2D eigenvalue weighted by molar-refractivity contribution is 0.0696. The van der Waals surface area contributed by atoms with E-state index in [4.69, 9.17) is 14.0 Å². The first-order valence-electron chi connectivity index (χ1n) is 8.22. The van der Waals surface area contributed by atoms with Crippen LogP contribution in [0.25, 0.3) is 0 Å². The van der Waals surface area contributed by atoms with E-state index in [-0.39, 0.29) is 34.4 Å². The van der Waals surface area contributed by atoms with E-state index in [1.165, 1.54) is 26.4 Å². The lowest BCUT2D eigenvalue weighted by atomic mass is 9.99. The van der Waals surface area contributed by atoms with Gasteiger partial charge in [0.2, 0.25) is 5.76 Å². The van der Waals surface area contributed by atoms with Crippen molar-refractivity contribution >= 4 is 17.6 Å². The van der Waals surface area contributed by atoms with Gasteiger partial charge in [-0.3, -0.25) is 4.79 Å². The lowest BCUT2D eigenvalue weighted by Crippen LogP contribution is -2.13. The summed E-state index contributed by atoms with van der Waals surface area (Å²) in [5, 5.41) is 15.8. The van der Waals surface area contributed by atoms with Gasteiger partial charge in [-0.1, -0.05) is 19.0 Å². The number of nitrogens with one attached hydrogen (secondary N) is 1. The van der Waals surface area contributed by atoms with Crippen molar-refractivity contribution in [1.82, 2.24) is 5.16 Å². The van der Waals surface area contributed by atoms with Crippen molar-refractivity contribution in [2.45, 2.75) is 32.6 Å². The number of aromatic nitrogens is 1. The minimum Gasteiger partial charge on any atom is -0.493 e. The maximum Gasteiger partial charge on any atom is 0.335 e. The minimum absolute atomic E-state index is 0.0358. The largest absolute Gasteiger partial charge is 0.493 e. The molecule has 0 aliphatic carbocycles. The van der Waals surface area contributed by atoms with Crippen molar-refractivity contribution < 1.29 is 28.7 Å². The van der Waals surface area contributed by atoms with E-state index in [1.807, 2.05) is 13.8 Å². The molecule has 1 aromatic carbocycles. The molecule has 1 aromatic heterocycles. The quantitative estimate of drug-likeness (QED) is 0.738. The van der Waals surface area contributed by atoms with Crippen LogP contribution in [0.5, 0.6) is 11.5 Å². The first-order valence-corrected chi connectivity index (χ1v) is 8.22. The normalized spacial score (nSPS) is 10.7. The van der Waals surface area contributed by atoms with Crippen LogP contribution in [-0.2, 0) is 0 Å². The van der Waals surface area contributed by atoms with Crippen molar-refractivity contribution in [3.63, 3.8) is 0 Å². The molecule has 2 N–H and O–H groups in total. The van der Waals surface area contributed by atoms with Gasteiger partial charge in [-0.15, -0.1) is 0 Å². The third-order valence-electron chi connectivity index (χ3n) is 4.13. The molecule has 2 rings (SSSR count). The van der Waals surface area contributed by atoms with Gasteiger partial charge in [-0.25, -0.2) is 4.79 Å². The summed E-state index contributed by atoms with van der Waals surface area (Å²) < 4.78 is 15.5. The standard InChI is InChI=1S/C18H22N2O6/c1-5-10(6-2)12-9-15(26-20-12)17(21)19-13-7-11(18(22)23)8-14(24-3)16(13)25-4/h7-10H,5-6H2,1-4H3,(H,19,21)(H,22,23). The second-order valence-electron chi connectivity index (χ2n) is 5.65. The van der Waals surface area contributed by atoms with E-state index in [1.54, 1.807) is 6.07 Å². The number of rotatable bonds is 8. The van der Waals surface area contributed by atoms with Crippen LogP contribution >= 0.6 is 0 Å². The third-order valence-corrected chi connectivity index (χ3v) is 4.13. The Morgan fingerprint density at radius 1 is 1.19 bits per heavy atom. The maximum absolute atomic E-state index is 12.5. The zero-order valence-electron chi connectivity index (χ0n) is 15.2. The molecule has 26 heavy (non-hydrogen) atoms. The van der Waals surface area contributed by atoms with Gasteiger partial charge < -0.3 is 24.4 Å². The summed E-state index contributed by atoms with van der Waals surface area (Å²) in [6.45, 7) is 4.08. The number of ether oxygens (including phenoxy) is 2. The molecule has 140 valence electrons. The molecule has 8 nitrogen and oxygen atoms in total. The van der Waals surface area contributed by atoms with Crippen LogP contribution in [0.3, 0.4) is 0 Å². The Kier molecular flexibility index (Phi) is 6.21. The van der Waals surface area contributed by atoms with Gasteiger partial charge in [0.25, 0.3) is 5.91 Å². The number of benzene rings is 1. The molecule has 0 fully saturated rings. The van der Waals surface area contributed by atoms with Crippen molar-refractivity contribution in [3.8, 4) is 11.5 Å². The molecule has 1 amide bonds. The first kappa shape index (κ1) is 19.3. The van der Waals surface area contributed by atoms with Gasteiger partial charge in [-0.2, -0.15) is 0 Å². The molecule has 1 heterocycles. The number of carboxylic acid groups (broad SMARTS) is 1. The van der Waals surface area contributed by atoms with Gasteiger partial charge in [0.1, 0.15) is 0 Å². The molecule has 0 aliphatic heterocycles. The molecule has 8 heteroatoms. The molecular formula is C18H22N2O6. The fourth-order valence-electron chi connectivity index (χ4n) is 2.66. The summed E-state index contributed by atoms with van der Waals surface area (Å²) in [4.78, 5) is 23.8. The molecule has 0 aliphatic rings. The maximum atomic E-state index is 12.5. The summed E-state index contributed by atoms with van der Waals surface area (Å²) >= 11 is 0. The lowest BCUT2D eigenvalue weighted by Gasteiger charge is -2.14. The SMILES string of the molecule is CCC(CC)c1cc(C(=O)Nc2cc(C(=O)O)cc(OC)c2OC)on1. The molecule has 2 aromatic rings. The van der Waals surface area contributed by atoms with Crippen LogP contribution < -0.4 is 14.8 Å². The van der Waals surface area contributed by atoms with Crippen molar-refractivity contribution in [3.05, 3.63) is 35.2 Å². The average molecular weight is 362 g/mol. The average Bonchev–Trinajstić information content (AvgIpc) is 3.12. The number of carbonyl (C=O) groups is 2. The Morgan fingerprint density at radius 2 is 1.88 bits per heavy atom. The number of amides is 1. The Labute approximate surface area is 151 Å². The van der Waals surface area contributed by atoms with E-state index in [0.717, 1.165) is 12.8 Å². The molecule has 0 atom stereocenters. The fraction of sp³-hybridized carbons (Fsp3) is 0.389. The van der Waals surface area contributed by atoms with Crippen molar-refractivity contribution in [2.24, 2.45) is 0 Å². The number of hydrogen-bond donors (Lipinski definition) is 2. The molecule has 0 unspecified atom stereocenters. The highest BCUT2D eigenvalue weighted by atomic mass is 16.5. The molecule has 0 spiro atoms. The zero-order chi connectivity index (χ0) is 19.3. The third kappa shape index (κ3) is 3.96. The Balaban J connectivity index is 2.33. The molecule has 0 radical (unpaired) electrons. The van der Waals surface area contributed by atoms with E-state index in [2.05, 4.69) is 10.5 Å². The Bertz CT molecular complexity index is 795. The summed E-state index contributed by atoms with van der Waals surface area (Å²) in [7, 11) is 2.78. The van der Waals surface area contributed by atoms with Crippen LogP contribution in [0.2, 0.25) is 0 Å². The predicted molar refractivity (Wildman–Crippen MR) is 94.3 cm³/mol.